The Morgan fingerprint density at radius 2 is 1.65 bits per heavy atom. The van der Waals surface area contributed by atoms with Crippen LogP contribution in [0.25, 0.3) is 0 Å². The molecule has 1 N–H and O–H groups in total. The Labute approximate surface area is 96.0 Å². The number of pyridine rings is 1. The normalized spacial score (nSPS) is 17.7. The fourth-order valence-corrected chi connectivity index (χ4v) is 2.03. The van der Waals surface area contributed by atoms with E-state index in [-0.39, 0.29) is 0 Å². The number of hydrogen-bond acceptors (Lipinski definition) is 2. The smallest absolute Gasteiger partial charge is 0.253 e. The van der Waals surface area contributed by atoms with Crippen molar-refractivity contribution in [2.24, 2.45) is 0 Å². The zero-order chi connectivity index (χ0) is 12.6. The van der Waals surface area contributed by atoms with Crippen LogP contribution in [0.2, 0.25) is 0 Å². The second-order valence-corrected chi connectivity index (χ2v) is 4.31. The van der Waals surface area contributed by atoms with Crippen LogP contribution in [0.5, 0.6) is 0 Å². The zero-order valence-corrected chi connectivity index (χ0v) is 9.29. The Kier molecular flexibility index (Phi) is 2.97. The molecule has 17 heavy (non-hydrogen) atoms. The van der Waals surface area contributed by atoms with Gasteiger partial charge in [-0.3, -0.25) is 0 Å². The van der Waals surface area contributed by atoms with E-state index in [9.17, 15) is 17.6 Å². The molecule has 0 radical (unpaired) electrons. The van der Waals surface area contributed by atoms with Gasteiger partial charge in [-0.15, -0.1) is 0 Å². The number of nitrogens with one attached hydrogen (secondary N) is 1. The highest BCUT2D eigenvalue weighted by Crippen LogP contribution is 2.39. The molecule has 0 spiro atoms. The van der Waals surface area contributed by atoms with Crippen LogP contribution in [0.3, 0.4) is 0 Å². The third-order valence-electron chi connectivity index (χ3n) is 3.38. The zero-order valence-electron chi connectivity index (χ0n) is 9.29. The van der Waals surface area contributed by atoms with E-state index in [1.807, 2.05) is 6.92 Å². The molecule has 1 aliphatic rings. The maximum absolute atomic E-state index is 13.4. The van der Waals surface area contributed by atoms with Gasteiger partial charge < -0.3 is 5.32 Å². The van der Waals surface area contributed by atoms with Crippen LogP contribution in [0.15, 0.2) is 0 Å². The molecule has 0 aliphatic heterocycles. The maximum Gasteiger partial charge on any atom is 0.253 e. The molecule has 0 unspecified atom stereocenters. The van der Waals surface area contributed by atoms with Gasteiger partial charge in [-0.05, 0) is 25.7 Å². The molecule has 1 fully saturated rings. The molecule has 1 aromatic heterocycles. The summed E-state index contributed by atoms with van der Waals surface area (Å²) in [4.78, 5) is 2.51. The van der Waals surface area contributed by atoms with E-state index in [1.165, 1.54) is 0 Å². The Balaban J connectivity index is 2.38. The highest BCUT2D eigenvalue weighted by atomic mass is 19.2. The van der Waals surface area contributed by atoms with Crippen molar-refractivity contribution in [1.82, 2.24) is 4.98 Å². The number of anilines is 1. The molecule has 1 aliphatic carbocycles. The van der Waals surface area contributed by atoms with Crippen LogP contribution in [0.1, 0.15) is 32.6 Å². The molecule has 0 bridgehead atoms. The number of nitrogens with zero attached hydrogens (tertiary/aromatic N) is 1. The monoisotopic (exact) mass is 248 g/mol. The molecule has 0 amide bonds. The van der Waals surface area contributed by atoms with Gasteiger partial charge in [0.15, 0.2) is 0 Å². The molecular formula is C11H12F4N2. The van der Waals surface area contributed by atoms with Gasteiger partial charge in [-0.1, -0.05) is 6.92 Å². The largest absolute Gasteiger partial charge is 0.375 e. The minimum Gasteiger partial charge on any atom is -0.375 e. The lowest BCUT2D eigenvalue weighted by Crippen LogP contribution is -2.45. The van der Waals surface area contributed by atoms with Crippen molar-refractivity contribution in [2.45, 2.75) is 38.1 Å². The van der Waals surface area contributed by atoms with Gasteiger partial charge in [0.05, 0.1) is 0 Å². The first kappa shape index (κ1) is 12.1. The van der Waals surface area contributed by atoms with Gasteiger partial charge in [0.2, 0.25) is 11.6 Å². The predicted molar refractivity (Wildman–Crippen MR) is 54.6 cm³/mol. The fourth-order valence-electron chi connectivity index (χ4n) is 2.03. The van der Waals surface area contributed by atoms with Crippen LogP contribution < -0.4 is 5.32 Å². The summed E-state index contributed by atoms with van der Waals surface area (Å²) in [5.74, 6) is -6.19. The lowest BCUT2D eigenvalue weighted by molar-refractivity contribution is 0.265. The van der Waals surface area contributed by atoms with E-state index in [0.29, 0.717) is 6.42 Å². The summed E-state index contributed by atoms with van der Waals surface area (Å²) in [5.41, 5.74) is -1.21. The SMILES string of the molecule is CCC1(Nc2c(F)c(F)nc(F)c2F)CCC1. The van der Waals surface area contributed by atoms with E-state index in [2.05, 4.69) is 10.3 Å². The molecule has 1 saturated carbocycles. The van der Waals surface area contributed by atoms with Crippen molar-refractivity contribution in [3.63, 3.8) is 0 Å². The van der Waals surface area contributed by atoms with E-state index in [0.717, 1.165) is 19.3 Å². The average molecular weight is 248 g/mol. The molecule has 94 valence electrons. The van der Waals surface area contributed by atoms with Crippen LogP contribution in [-0.4, -0.2) is 10.5 Å². The first-order chi connectivity index (χ1) is 7.99. The van der Waals surface area contributed by atoms with Crippen LogP contribution in [0, 0.1) is 23.5 Å². The number of rotatable bonds is 3. The molecular weight excluding hydrogens is 236 g/mol. The van der Waals surface area contributed by atoms with Crippen LogP contribution in [0.4, 0.5) is 23.2 Å². The van der Waals surface area contributed by atoms with E-state index >= 15 is 0 Å². The maximum atomic E-state index is 13.4. The Morgan fingerprint density at radius 3 is 2.00 bits per heavy atom. The Morgan fingerprint density at radius 1 is 1.12 bits per heavy atom. The number of hydrogen-bond donors (Lipinski definition) is 1. The summed E-state index contributed by atoms with van der Waals surface area (Å²) >= 11 is 0. The first-order valence-electron chi connectivity index (χ1n) is 5.47. The van der Waals surface area contributed by atoms with E-state index in [4.69, 9.17) is 0 Å². The second-order valence-electron chi connectivity index (χ2n) is 4.31. The van der Waals surface area contributed by atoms with Gasteiger partial charge in [0, 0.05) is 5.54 Å². The number of aromatic nitrogens is 1. The summed E-state index contributed by atoms with van der Waals surface area (Å²) in [7, 11) is 0. The van der Waals surface area contributed by atoms with Gasteiger partial charge in [0.1, 0.15) is 5.69 Å². The predicted octanol–water partition coefficient (Wildman–Crippen LogP) is 3.38. The Bertz CT molecular complexity index is 412. The number of halogens is 4. The molecule has 0 aromatic carbocycles. The molecule has 2 nitrogen and oxygen atoms in total. The summed E-state index contributed by atoms with van der Waals surface area (Å²) < 4.78 is 52.5. The minimum atomic E-state index is -1.63. The van der Waals surface area contributed by atoms with E-state index in [1.54, 1.807) is 0 Å². The first-order valence-corrected chi connectivity index (χ1v) is 5.47. The average Bonchev–Trinajstić information content (AvgIpc) is 2.25. The molecule has 1 heterocycles. The lowest BCUT2D eigenvalue weighted by Gasteiger charge is -2.42. The van der Waals surface area contributed by atoms with Gasteiger partial charge >= 0.3 is 0 Å². The molecule has 6 heteroatoms. The highest BCUT2D eigenvalue weighted by molar-refractivity contribution is 5.48. The topological polar surface area (TPSA) is 24.9 Å². The third kappa shape index (κ3) is 1.96. The summed E-state index contributed by atoms with van der Waals surface area (Å²) in [5, 5.41) is 2.59. The fraction of sp³-hybridized carbons (Fsp3) is 0.545. The van der Waals surface area contributed by atoms with Gasteiger partial charge in [-0.2, -0.15) is 22.5 Å². The van der Waals surface area contributed by atoms with Crippen molar-refractivity contribution in [3.05, 3.63) is 23.5 Å². The van der Waals surface area contributed by atoms with Gasteiger partial charge in [0.25, 0.3) is 11.9 Å². The lowest BCUT2D eigenvalue weighted by atomic mass is 9.74. The molecule has 0 saturated heterocycles. The van der Waals surface area contributed by atoms with Crippen molar-refractivity contribution in [3.8, 4) is 0 Å². The summed E-state index contributed by atoms with van der Waals surface area (Å²) in [6, 6.07) is 0. The molecule has 2 rings (SSSR count). The summed E-state index contributed by atoms with van der Waals surface area (Å²) in [6.07, 6.45) is 3.03. The third-order valence-corrected chi connectivity index (χ3v) is 3.38. The standard InChI is InChI=1S/C11H12F4N2/c1-2-11(4-3-5-11)17-8-6(12)9(14)16-10(15)7(8)13/h2-5H2,1H3,(H,16,17). The minimum absolute atomic E-state index is 0.456. The van der Waals surface area contributed by atoms with Crippen molar-refractivity contribution in [1.29, 1.82) is 0 Å². The molecule has 0 atom stereocenters. The quantitative estimate of drug-likeness (QED) is 0.655. The Hall–Kier alpha value is -1.33. The molecule has 1 aromatic rings. The van der Waals surface area contributed by atoms with Gasteiger partial charge in [-0.25, -0.2) is 0 Å². The van der Waals surface area contributed by atoms with Crippen LogP contribution >= 0.6 is 0 Å². The summed E-state index contributed by atoms with van der Waals surface area (Å²) in [6.45, 7) is 1.86. The van der Waals surface area contributed by atoms with Crippen molar-refractivity contribution >= 4 is 5.69 Å². The second kappa shape index (κ2) is 4.16. The van der Waals surface area contributed by atoms with Crippen LogP contribution in [-0.2, 0) is 0 Å². The van der Waals surface area contributed by atoms with Crippen molar-refractivity contribution in [2.75, 3.05) is 5.32 Å². The highest BCUT2D eigenvalue weighted by Gasteiger charge is 2.37. The van der Waals surface area contributed by atoms with E-state index < -0.39 is 34.8 Å². The van der Waals surface area contributed by atoms with Crippen molar-refractivity contribution < 1.29 is 17.6 Å².